The SMILES string of the molecule is CCC(Oc1ccc(C)cc1C)C(=O)Nc1ccc(OC)c(NC(=O)C(C(C)=O)N2C(=O)CN(Cc3ccccc3)C2=O)c1. The lowest BCUT2D eigenvalue weighted by Gasteiger charge is -2.24. The third kappa shape index (κ3) is 7.23. The number of ketones is 1. The van der Waals surface area contributed by atoms with E-state index < -0.39 is 41.7 Å². The molecule has 5 amide bonds. The predicted molar refractivity (Wildman–Crippen MR) is 164 cm³/mol. The molecule has 0 aliphatic carbocycles. The second-order valence-electron chi connectivity index (χ2n) is 10.6. The van der Waals surface area contributed by atoms with Crippen molar-refractivity contribution in [2.75, 3.05) is 24.3 Å². The van der Waals surface area contributed by atoms with Crippen molar-refractivity contribution in [3.63, 3.8) is 0 Å². The fraction of sp³-hybridized carbons (Fsp3) is 0.303. The van der Waals surface area contributed by atoms with Gasteiger partial charge in [0.25, 0.3) is 17.7 Å². The van der Waals surface area contributed by atoms with Gasteiger partial charge in [-0.2, -0.15) is 0 Å². The van der Waals surface area contributed by atoms with Gasteiger partial charge in [0.2, 0.25) is 0 Å². The van der Waals surface area contributed by atoms with E-state index in [0.29, 0.717) is 22.8 Å². The van der Waals surface area contributed by atoms with Crippen molar-refractivity contribution in [1.29, 1.82) is 0 Å². The number of carbonyl (C=O) groups excluding carboxylic acids is 5. The van der Waals surface area contributed by atoms with Crippen LogP contribution in [-0.2, 0) is 25.7 Å². The maximum Gasteiger partial charge on any atom is 0.328 e. The van der Waals surface area contributed by atoms with Crippen molar-refractivity contribution in [2.24, 2.45) is 0 Å². The average Bonchev–Trinajstić information content (AvgIpc) is 3.25. The maximum absolute atomic E-state index is 13.5. The van der Waals surface area contributed by atoms with Crippen molar-refractivity contribution in [1.82, 2.24) is 9.80 Å². The van der Waals surface area contributed by atoms with Gasteiger partial charge in [0.05, 0.1) is 12.8 Å². The fourth-order valence-electron chi connectivity index (χ4n) is 4.95. The zero-order chi connectivity index (χ0) is 32.0. The summed E-state index contributed by atoms with van der Waals surface area (Å²) in [6.45, 7) is 6.73. The van der Waals surface area contributed by atoms with E-state index in [0.717, 1.165) is 23.6 Å². The Balaban J connectivity index is 1.50. The maximum atomic E-state index is 13.5. The molecule has 2 N–H and O–H groups in total. The first-order chi connectivity index (χ1) is 21.0. The molecule has 2 unspecified atom stereocenters. The summed E-state index contributed by atoms with van der Waals surface area (Å²) in [5, 5.41) is 5.40. The summed E-state index contributed by atoms with van der Waals surface area (Å²) in [4.78, 5) is 67.3. The Labute approximate surface area is 256 Å². The summed E-state index contributed by atoms with van der Waals surface area (Å²) >= 11 is 0. The molecule has 44 heavy (non-hydrogen) atoms. The second kappa shape index (κ2) is 13.9. The van der Waals surface area contributed by atoms with E-state index >= 15 is 0 Å². The molecule has 230 valence electrons. The number of methoxy groups -OCH3 is 1. The third-order valence-corrected chi connectivity index (χ3v) is 7.17. The molecule has 1 fully saturated rings. The van der Waals surface area contributed by atoms with Gasteiger partial charge >= 0.3 is 6.03 Å². The minimum atomic E-state index is -1.70. The van der Waals surface area contributed by atoms with E-state index in [-0.39, 0.29) is 24.5 Å². The van der Waals surface area contributed by atoms with Crippen LogP contribution in [0.5, 0.6) is 11.5 Å². The summed E-state index contributed by atoms with van der Waals surface area (Å²) in [7, 11) is 1.39. The summed E-state index contributed by atoms with van der Waals surface area (Å²) in [6, 6.07) is 16.9. The van der Waals surface area contributed by atoms with Crippen molar-refractivity contribution >= 4 is 40.9 Å². The van der Waals surface area contributed by atoms with Crippen molar-refractivity contribution in [2.45, 2.75) is 52.8 Å². The molecule has 1 heterocycles. The molecular weight excluding hydrogens is 564 g/mol. The lowest BCUT2D eigenvalue weighted by Crippen LogP contribution is -2.51. The van der Waals surface area contributed by atoms with Gasteiger partial charge in [-0.1, -0.05) is 55.0 Å². The van der Waals surface area contributed by atoms with Gasteiger partial charge in [-0.05, 0) is 62.6 Å². The van der Waals surface area contributed by atoms with Crippen LogP contribution in [0.4, 0.5) is 16.2 Å². The molecule has 0 radical (unpaired) electrons. The molecule has 0 saturated carbocycles. The summed E-state index contributed by atoms with van der Waals surface area (Å²) in [6.07, 6.45) is -0.386. The lowest BCUT2D eigenvalue weighted by molar-refractivity contribution is -0.138. The Bertz CT molecular complexity index is 1570. The van der Waals surface area contributed by atoms with Crippen molar-refractivity contribution < 1.29 is 33.4 Å². The van der Waals surface area contributed by atoms with Gasteiger partial charge in [-0.15, -0.1) is 0 Å². The fourth-order valence-corrected chi connectivity index (χ4v) is 4.95. The van der Waals surface area contributed by atoms with Crippen molar-refractivity contribution in [3.8, 4) is 11.5 Å². The van der Waals surface area contributed by atoms with Crippen LogP contribution in [-0.4, -0.2) is 65.1 Å². The van der Waals surface area contributed by atoms with Crippen LogP contribution in [0.3, 0.4) is 0 Å². The zero-order valence-corrected chi connectivity index (χ0v) is 25.4. The number of urea groups is 1. The lowest BCUT2D eigenvalue weighted by atomic mass is 10.1. The van der Waals surface area contributed by atoms with E-state index in [1.165, 1.54) is 24.1 Å². The van der Waals surface area contributed by atoms with Crippen LogP contribution in [0, 0.1) is 13.8 Å². The van der Waals surface area contributed by atoms with Crippen LogP contribution >= 0.6 is 0 Å². The molecule has 0 aromatic heterocycles. The van der Waals surface area contributed by atoms with Crippen molar-refractivity contribution in [3.05, 3.63) is 83.4 Å². The number of aryl methyl sites for hydroxylation is 2. The minimum absolute atomic E-state index is 0.130. The summed E-state index contributed by atoms with van der Waals surface area (Å²) in [5.41, 5.74) is 3.24. The summed E-state index contributed by atoms with van der Waals surface area (Å²) in [5.74, 6) is -1.81. The van der Waals surface area contributed by atoms with Crippen LogP contribution in [0.15, 0.2) is 66.7 Å². The van der Waals surface area contributed by atoms with E-state index in [1.54, 1.807) is 6.07 Å². The monoisotopic (exact) mass is 600 g/mol. The first-order valence-electron chi connectivity index (χ1n) is 14.2. The number of nitrogens with one attached hydrogen (secondary N) is 2. The van der Waals surface area contributed by atoms with Crippen LogP contribution in [0.25, 0.3) is 0 Å². The second-order valence-corrected chi connectivity index (χ2v) is 10.6. The number of hydrogen-bond donors (Lipinski definition) is 2. The number of benzene rings is 3. The Morgan fingerprint density at radius 3 is 2.25 bits per heavy atom. The van der Waals surface area contributed by atoms with Crippen LogP contribution < -0.4 is 20.1 Å². The smallest absolute Gasteiger partial charge is 0.328 e. The quantitative estimate of drug-likeness (QED) is 0.231. The first kappa shape index (κ1) is 31.7. The molecular formula is C33H36N4O7. The molecule has 3 aromatic carbocycles. The predicted octanol–water partition coefficient (Wildman–Crippen LogP) is 4.47. The molecule has 4 rings (SSSR count). The topological polar surface area (TPSA) is 134 Å². The molecule has 11 heteroatoms. The number of rotatable bonds is 12. The highest BCUT2D eigenvalue weighted by molar-refractivity contribution is 6.17. The highest BCUT2D eigenvalue weighted by Crippen LogP contribution is 2.29. The number of carbonyl (C=O) groups is 5. The average molecular weight is 601 g/mol. The molecule has 3 aromatic rings. The Morgan fingerprint density at radius 1 is 0.909 bits per heavy atom. The molecule has 1 saturated heterocycles. The van der Waals surface area contributed by atoms with Gasteiger partial charge in [-0.25, -0.2) is 9.69 Å². The van der Waals surface area contributed by atoms with E-state index in [2.05, 4.69) is 10.6 Å². The van der Waals surface area contributed by atoms with Crippen LogP contribution in [0.1, 0.15) is 37.0 Å². The summed E-state index contributed by atoms with van der Waals surface area (Å²) < 4.78 is 11.4. The number of ether oxygens (including phenoxy) is 2. The number of amides is 5. The molecule has 1 aliphatic heterocycles. The highest BCUT2D eigenvalue weighted by atomic mass is 16.5. The highest BCUT2D eigenvalue weighted by Gasteiger charge is 2.45. The van der Waals surface area contributed by atoms with E-state index in [1.807, 2.05) is 69.3 Å². The largest absolute Gasteiger partial charge is 0.495 e. The third-order valence-electron chi connectivity index (χ3n) is 7.17. The van der Waals surface area contributed by atoms with E-state index in [4.69, 9.17) is 9.47 Å². The molecule has 0 spiro atoms. The molecule has 1 aliphatic rings. The van der Waals surface area contributed by atoms with Gasteiger partial charge in [-0.3, -0.25) is 19.2 Å². The van der Waals surface area contributed by atoms with E-state index in [9.17, 15) is 24.0 Å². The number of Topliss-reactive ketones (excluding diaryl/α,β-unsaturated/α-hetero) is 1. The van der Waals surface area contributed by atoms with Gasteiger partial charge in [0.15, 0.2) is 17.9 Å². The molecule has 0 bridgehead atoms. The normalized spacial score (nSPS) is 14.2. The number of imide groups is 1. The minimum Gasteiger partial charge on any atom is -0.495 e. The van der Waals surface area contributed by atoms with Gasteiger partial charge in [0, 0.05) is 12.2 Å². The first-order valence-corrected chi connectivity index (χ1v) is 14.2. The Hall–Kier alpha value is -5.19. The number of hydrogen-bond acceptors (Lipinski definition) is 7. The zero-order valence-electron chi connectivity index (χ0n) is 25.4. The van der Waals surface area contributed by atoms with Gasteiger partial charge in [0.1, 0.15) is 18.0 Å². The Kier molecular flexibility index (Phi) is 9.99. The van der Waals surface area contributed by atoms with Gasteiger partial charge < -0.3 is 25.0 Å². The number of nitrogens with zero attached hydrogens (tertiary/aromatic N) is 2. The standard InChI is InChI=1S/C33H36N4O7/c1-6-26(44-27-14-12-20(2)16-21(27)3)31(40)34-24-13-15-28(43-5)25(17-24)35-32(41)30(22(4)38)37-29(39)19-36(33(37)42)18-23-10-8-7-9-11-23/h7-17,26,30H,6,18-19H2,1-5H3,(H,34,40)(H,35,41). The van der Waals surface area contributed by atoms with Crippen LogP contribution in [0.2, 0.25) is 0 Å². The molecule has 11 nitrogen and oxygen atoms in total. The Morgan fingerprint density at radius 2 is 1.61 bits per heavy atom. The number of anilines is 2. The molecule has 2 atom stereocenters.